The van der Waals surface area contributed by atoms with Crippen molar-refractivity contribution in [3.05, 3.63) is 84.9 Å². The van der Waals surface area contributed by atoms with E-state index in [1.54, 1.807) is 0 Å². The van der Waals surface area contributed by atoms with Crippen molar-refractivity contribution in [3.63, 3.8) is 0 Å². The molecule has 0 aliphatic heterocycles. The molecule has 0 saturated heterocycles. The monoisotopic (exact) mass is 345 g/mol. The molecule has 4 aromatic carbocycles. The lowest BCUT2D eigenvalue weighted by molar-refractivity contribution is 1.41. The van der Waals surface area contributed by atoms with Crippen LogP contribution >= 0.6 is 0 Å². The van der Waals surface area contributed by atoms with Crippen LogP contribution in [0.3, 0.4) is 0 Å². The first-order valence-corrected chi connectivity index (χ1v) is 9.04. The molecule has 0 amide bonds. The molecule has 2 heterocycles. The Morgan fingerprint density at radius 2 is 1.30 bits per heavy atom. The van der Waals surface area contributed by atoms with Crippen LogP contribution in [0.25, 0.3) is 55.0 Å². The van der Waals surface area contributed by atoms with E-state index in [-0.39, 0.29) is 0 Å². The summed E-state index contributed by atoms with van der Waals surface area (Å²) in [5.41, 5.74) is 8.29. The standard InChI is InChI=1S/C24H15N3/c1-2-8-15(9-3-1)17-14-21-24(27-20-13-7-6-12-19(20)25-21)22-16-10-4-5-11-18(16)26-23(17)22/h1-14,25H. The molecule has 126 valence electrons. The molecule has 0 spiro atoms. The van der Waals surface area contributed by atoms with Crippen LogP contribution in [0.15, 0.2) is 84.9 Å². The van der Waals surface area contributed by atoms with E-state index < -0.39 is 0 Å². The van der Waals surface area contributed by atoms with Gasteiger partial charge in [-0.05, 0) is 29.8 Å². The lowest BCUT2D eigenvalue weighted by Crippen LogP contribution is -1.90. The second kappa shape index (κ2) is 5.39. The molecular formula is C24H15N3. The van der Waals surface area contributed by atoms with Crippen LogP contribution in [0.2, 0.25) is 0 Å². The molecule has 0 radical (unpaired) electrons. The molecule has 0 aliphatic rings. The lowest BCUT2D eigenvalue weighted by atomic mass is 10.0. The topological polar surface area (TPSA) is 41.6 Å². The van der Waals surface area contributed by atoms with Crippen LogP contribution in [0.1, 0.15) is 0 Å². The maximum atomic E-state index is 4.99. The minimum absolute atomic E-state index is 0.962. The Kier molecular flexibility index (Phi) is 2.88. The van der Waals surface area contributed by atoms with Gasteiger partial charge in [-0.25, -0.2) is 9.97 Å². The van der Waals surface area contributed by atoms with Crippen molar-refractivity contribution in [2.75, 3.05) is 0 Å². The van der Waals surface area contributed by atoms with Gasteiger partial charge in [0.2, 0.25) is 0 Å². The number of fused-ring (bicyclic) bond motifs is 6. The number of para-hydroxylation sites is 3. The predicted molar refractivity (Wildman–Crippen MR) is 112 cm³/mol. The Morgan fingerprint density at radius 3 is 2.19 bits per heavy atom. The number of hydrogen-bond donors (Lipinski definition) is 1. The first-order valence-electron chi connectivity index (χ1n) is 9.04. The Bertz CT molecular complexity index is 1460. The largest absolute Gasteiger partial charge is 0.352 e. The maximum absolute atomic E-state index is 4.99. The summed E-state index contributed by atoms with van der Waals surface area (Å²) in [6.07, 6.45) is 0. The third kappa shape index (κ3) is 2.09. The summed E-state index contributed by atoms with van der Waals surface area (Å²) in [4.78, 5) is 13.5. The van der Waals surface area contributed by atoms with E-state index in [1.165, 1.54) is 0 Å². The van der Waals surface area contributed by atoms with E-state index in [4.69, 9.17) is 9.97 Å². The highest BCUT2D eigenvalue weighted by atomic mass is 14.8. The normalized spacial score (nSPS) is 11.7. The van der Waals surface area contributed by atoms with Gasteiger partial charge in [-0.3, -0.25) is 0 Å². The van der Waals surface area contributed by atoms with Gasteiger partial charge >= 0.3 is 0 Å². The summed E-state index contributed by atoms with van der Waals surface area (Å²) < 4.78 is 0. The third-order valence-electron chi connectivity index (χ3n) is 5.17. The number of nitrogens with one attached hydrogen (secondary N) is 1. The fourth-order valence-electron chi connectivity index (χ4n) is 3.93. The lowest BCUT2D eigenvalue weighted by Gasteiger charge is -2.09. The van der Waals surface area contributed by atoms with Gasteiger partial charge in [-0.1, -0.05) is 60.7 Å². The number of hydrogen-bond acceptors (Lipinski definition) is 2. The first-order chi connectivity index (χ1) is 13.4. The molecule has 0 aliphatic carbocycles. The van der Waals surface area contributed by atoms with E-state index in [1.807, 2.05) is 30.3 Å². The van der Waals surface area contributed by atoms with Gasteiger partial charge in [0.1, 0.15) is 0 Å². The van der Waals surface area contributed by atoms with E-state index >= 15 is 0 Å². The summed E-state index contributed by atoms with van der Waals surface area (Å²) >= 11 is 0. The van der Waals surface area contributed by atoms with Crippen molar-refractivity contribution in [2.24, 2.45) is 0 Å². The highest BCUT2D eigenvalue weighted by Crippen LogP contribution is 2.38. The zero-order chi connectivity index (χ0) is 17.8. The highest BCUT2D eigenvalue weighted by Gasteiger charge is 2.16. The number of H-pyrrole nitrogens is 1. The molecule has 0 atom stereocenters. The van der Waals surface area contributed by atoms with Gasteiger partial charge in [0.15, 0.2) is 0 Å². The molecule has 6 aromatic rings. The summed E-state index contributed by atoms with van der Waals surface area (Å²) in [5, 5.41) is 2.26. The second-order valence-electron chi connectivity index (χ2n) is 6.79. The summed E-state index contributed by atoms with van der Waals surface area (Å²) in [6, 6.07) is 29.1. The fourth-order valence-corrected chi connectivity index (χ4v) is 3.93. The number of benzene rings is 4. The van der Waals surface area contributed by atoms with Crippen molar-refractivity contribution in [2.45, 2.75) is 0 Å². The summed E-state index contributed by atoms with van der Waals surface area (Å²) in [7, 11) is 0. The summed E-state index contributed by atoms with van der Waals surface area (Å²) in [5.74, 6) is 0. The minimum atomic E-state index is 0.962. The van der Waals surface area contributed by atoms with Gasteiger partial charge < -0.3 is 4.98 Å². The van der Waals surface area contributed by atoms with Gasteiger partial charge in [0.25, 0.3) is 0 Å². The van der Waals surface area contributed by atoms with Crippen LogP contribution in [-0.2, 0) is 0 Å². The minimum Gasteiger partial charge on any atom is -0.352 e. The smallest absolute Gasteiger partial charge is 0.0973 e. The molecule has 3 heteroatoms. The molecule has 0 bridgehead atoms. The molecule has 6 rings (SSSR count). The quantitative estimate of drug-likeness (QED) is 0.367. The van der Waals surface area contributed by atoms with E-state index in [0.29, 0.717) is 0 Å². The second-order valence-corrected chi connectivity index (χ2v) is 6.79. The predicted octanol–water partition coefficient (Wildman–Crippen LogP) is 6.08. The van der Waals surface area contributed by atoms with Gasteiger partial charge in [-0.15, -0.1) is 0 Å². The van der Waals surface area contributed by atoms with Gasteiger partial charge in [0.05, 0.1) is 33.1 Å². The van der Waals surface area contributed by atoms with Crippen molar-refractivity contribution in [3.8, 4) is 11.1 Å². The Hall–Kier alpha value is -3.72. The molecule has 1 N–H and O–H groups in total. The van der Waals surface area contributed by atoms with Gasteiger partial charge in [-0.2, -0.15) is 0 Å². The number of nitrogens with zero attached hydrogens (tertiary/aromatic N) is 2. The molecule has 2 aromatic heterocycles. The number of aromatic nitrogens is 3. The number of rotatable bonds is 1. The van der Waals surface area contributed by atoms with E-state index in [9.17, 15) is 0 Å². The van der Waals surface area contributed by atoms with Crippen molar-refractivity contribution in [1.82, 2.24) is 15.0 Å². The Morgan fingerprint density at radius 1 is 0.593 bits per heavy atom. The Labute approximate surface area is 155 Å². The Balaban J connectivity index is 1.88. The van der Waals surface area contributed by atoms with Crippen molar-refractivity contribution >= 4 is 43.9 Å². The average Bonchev–Trinajstić information content (AvgIpc) is 3.12. The molecular weight excluding hydrogens is 330 g/mol. The van der Waals surface area contributed by atoms with E-state index in [0.717, 1.165) is 55.0 Å². The summed E-state index contributed by atoms with van der Waals surface area (Å²) in [6.45, 7) is 0. The van der Waals surface area contributed by atoms with Gasteiger partial charge in [0, 0.05) is 16.3 Å². The van der Waals surface area contributed by atoms with Crippen LogP contribution in [0.4, 0.5) is 0 Å². The van der Waals surface area contributed by atoms with Crippen LogP contribution in [0, 0.1) is 0 Å². The zero-order valence-corrected chi connectivity index (χ0v) is 14.5. The van der Waals surface area contributed by atoms with Crippen LogP contribution < -0.4 is 0 Å². The molecule has 0 fully saturated rings. The molecule has 0 unspecified atom stereocenters. The molecule has 27 heavy (non-hydrogen) atoms. The van der Waals surface area contributed by atoms with Crippen molar-refractivity contribution < 1.29 is 0 Å². The average molecular weight is 345 g/mol. The van der Waals surface area contributed by atoms with E-state index in [2.05, 4.69) is 59.6 Å². The molecule has 0 saturated carbocycles. The molecule has 3 nitrogen and oxygen atoms in total. The van der Waals surface area contributed by atoms with Crippen molar-refractivity contribution in [1.29, 1.82) is 0 Å². The highest BCUT2D eigenvalue weighted by molar-refractivity contribution is 6.22. The third-order valence-corrected chi connectivity index (χ3v) is 5.17. The maximum Gasteiger partial charge on any atom is 0.0973 e. The zero-order valence-electron chi connectivity index (χ0n) is 14.5. The van der Waals surface area contributed by atoms with Crippen LogP contribution in [0.5, 0.6) is 0 Å². The fraction of sp³-hybridized carbons (Fsp3) is 0. The first kappa shape index (κ1) is 14.4. The SMILES string of the molecule is c1ccc(-c2cc3[nH]c4ccccc4nc3c3c2nc2ccccc23)cc1. The van der Waals surface area contributed by atoms with Crippen LogP contribution in [-0.4, -0.2) is 15.0 Å². The number of aromatic amines is 1.